The molecule has 14 heavy (non-hydrogen) atoms. The van der Waals surface area contributed by atoms with Gasteiger partial charge in [-0.05, 0) is 39.3 Å². The van der Waals surface area contributed by atoms with Crippen LogP contribution in [-0.4, -0.2) is 13.1 Å². The SMILES string of the molecule is CCN(CC)c1ccc(C)cc1C.[Li+]. The molecule has 0 saturated heterocycles. The van der Waals surface area contributed by atoms with Crippen LogP contribution >= 0.6 is 0 Å². The first-order valence-electron chi connectivity index (χ1n) is 5.01. The number of hydrogen-bond donors (Lipinski definition) is 0. The summed E-state index contributed by atoms with van der Waals surface area (Å²) >= 11 is 0. The summed E-state index contributed by atoms with van der Waals surface area (Å²) in [5.41, 5.74) is 4.09. The van der Waals surface area contributed by atoms with Gasteiger partial charge in [0, 0.05) is 18.8 Å². The minimum absolute atomic E-state index is 0. The molecule has 0 radical (unpaired) electrons. The van der Waals surface area contributed by atoms with Crippen LogP contribution in [0.25, 0.3) is 0 Å². The smallest absolute Gasteiger partial charge is 0.372 e. The number of benzene rings is 1. The van der Waals surface area contributed by atoms with Gasteiger partial charge in [0.1, 0.15) is 0 Å². The van der Waals surface area contributed by atoms with Crippen LogP contribution in [0.3, 0.4) is 0 Å². The summed E-state index contributed by atoms with van der Waals surface area (Å²) in [6.45, 7) is 10.9. The van der Waals surface area contributed by atoms with E-state index in [1.165, 1.54) is 16.8 Å². The van der Waals surface area contributed by atoms with Crippen LogP contribution in [0.15, 0.2) is 18.2 Å². The van der Waals surface area contributed by atoms with E-state index >= 15 is 0 Å². The van der Waals surface area contributed by atoms with Gasteiger partial charge >= 0.3 is 18.9 Å². The summed E-state index contributed by atoms with van der Waals surface area (Å²) < 4.78 is 0. The van der Waals surface area contributed by atoms with E-state index in [9.17, 15) is 0 Å². The molecule has 0 heterocycles. The molecule has 0 bridgehead atoms. The molecule has 0 atom stereocenters. The second kappa shape index (κ2) is 6.17. The first kappa shape index (κ1) is 13.6. The molecule has 0 saturated carbocycles. The maximum atomic E-state index is 2.38. The predicted octanol–water partition coefficient (Wildman–Crippen LogP) is 0.154. The zero-order valence-electron chi connectivity index (χ0n) is 10.1. The van der Waals surface area contributed by atoms with Gasteiger partial charge in [-0.1, -0.05) is 17.7 Å². The monoisotopic (exact) mass is 184 g/mol. The molecule has 2 heteroatoms. The molecule has 72 valence electrons. The third-order valence-corrected chi connectivity index (χ3v) is 2.46. The summed E-state index contributed by atoms with van der Waals surface area (Å²) in [7, 11) is 0. The van der Waals surface area contributed by atoms with Crippen molar-refractivity contribution >= 4 is 5.69 Å². The molecule has 1 nitrogen and oxygen atoms in total. The minimum Gasteiger partial charge on any atom is -0.372 e. The van der Waals surface area contributed by atoms with E-state index < -0.39 is 0 Å². The van der Waals surface area contributed by atoms with Crippen LogP contribution in [0.2, 0.25) is 0 Å². The van der Waals surface area contributed by atoms with Crippen molar-refractivity contribution in [2.75, 3.05) is 18.0 Å². The Balaban J connectivity index is 0.00000169. The largest absolute Gasteiger partial charge is 1.00 e. The molecule has 1 aromatic rings. The minimum atomic E-state index is 0. The fourth-order valence-corrected chi connectivity index (χ4v) is 1.72. The molecule has 0 aliphatic rings. The average Bonchev–Trinajstić information content (AvgIpc) is 2.10. The zero-order valence-corrected chi connectivity index (χ0v) is 10.1. The molecule has 0 N–H and O–H groups in total. The zero-order chi connectivity index (χ0) is 9.84. The molecule has 1 aromatic carbocycles. The Morgan fingerprint density at radius 3 is 2.07 bits per heavy atom. The molecular formula is C12H19LiN+. The van der Waals surface area contributed by atoms with Crippen molar-refractivity contribution in [3.63, 3.8) is 0 Å². The molecule has 1 rings (SSSR count). The van der Waals surface area contributed by atoms with Crippen LogP contribution in [0.1, 0.15) is 25.0 Å². The van der Waals surface area contributed by atoms with Gasteiger partial charge in [0.25, 0.3) is 0 Å². The van der Waals surface area contributed by atoms with Gasteiger partial charge in [-0.15, -0.1) is 0 Å². The molecule has 0 aliphatic carbocycles. The van der Waals surface area contributed by atoms with Gasteiger partial charge in [-0.25, -0.2) is 0 Å². The normalized spacial score (nSPS) is 9.43. The van der Waals surface area contributed by atoms with Gasteiger partial charge < -0.3 is 4.90 Å². The standard InChI is InChI=1S/C12H19N.Li/c1-5-13(6-2)12-8-7-10(3)9-11(12)4;/h7-9H,5-6H2,1-4H3;/q;+1. The van der Waals surface area contributed by atoms with Gasteiger partial charge in [0.15, 0.2) is 0 Å². The van der Waals surface area contributed by atoms with Gasteiger partial charge in [-0.3, -0.25) is 0 Å². The number of anilines is 1. The molecule has 0 aromatic heterocycles. The number of nitrogens with zero attached hydrogens (tertiary/aromatic N) is 1. The Morgan fingerprint density at radius 1 is 1.07 bits per heavy atom. The topological polar surface area (TPSA) is 3.24 Å². The van der Waals surface area contributed by atoms with E-state index in [-0.39, 0.29) is 18.9 Å². The first-order valence-corrected chi connectivity index (χ1v) is 5.01. The number of aryl methyl sites for hydroxylation is 2. The Kier molecular flexibility index (Phi) is 6.00. The van der Waals surface area contributed by atoms with Gasteiger partial charge in [-0.2, -0.15) is 0 Å². The summed E-state index contributed by atoms with van der Waals surface area (Å²) in [4.78, 5) is 2.38. The van der Waals surface area contributed by atoms with E-state index in [2.05, 4.69) is 50.8 Å². The predicted molar refractivity (Wildman–Crippen MR) is 59.5 cm³/mol. The van der Waals surface area contributed by atoms with E-state index in [0.717, 1.165) is 13.1 Å². The summed E-state index contributed by atoms with van der Waals surface area (Å²) in [6.07, 6.45) is 0. The third kappa shape index (κ3) is 3.08. The van der Waals surface area contributed by atoms with Gasteiger partial charge in [0.2, 0.25) is 0 Å². The maximum Gasteiger partial charge on any atom is 1.00 e. The van der Waals surface area contributed by atoms with Crippen molar-refractivity contribution in [1.82, 2.24) is 0 Å². The Morgan fingerprint density at radius 2 is 1.64 bits per heavy atom. The third-order valence-electron chi connectivity index (χ3n) is 2.46. The van der Waals surface area contributed by atoms with Crippen molar-refractivity contribution in [3.05, 3.63) is 29.3 Å². The van der Waals surface area contributed by atoms with E-state index in [0.29, 0.717) is 0 Å². The molecule has 0 amide bonds. The molecular weight excluding hydrogens is 165 g/mol. The Hall–Kier alpha value is -0.383. The summed E-state index contributed by atoms with van der Waals surface area (Å²) in [5.74, 6) is 0. The second-order valence-corrected chi connectivity index (χ2v) is 3.46. The van der Waals surface area contributed by atoms with E-state index in [1.807, 2.05) is 0 Å². The van der Waals surface area contributed by atoms with Crippen molar-refractivity contribution in [2.24, 2.45) is 0 Å². The average molecular weight is 184 g/mol. The van der Waals surface area contributed by atoms with Crippen LogP contribution in [0.5, 0.6) is 0 Å². The summed E-state index contributed by atoms with van der Waals surface area (Å²) in [6, 6.07) is 6.64. The molecule has 0 unspecified atom stereocenters. The fraction of sp³-hybridized carbons (Fsp3) is 0.500. The molecule has 0 spiro atoms. The number of rotatable bonds is 3. The fourth-order valence-electron chi connectivity index (χ4n) is 1.72. The quantitative estimate of drug-likeness (QED) is 0.605. The molecule has 0 fully saturated rings. The van der Waals surface area contributed by atoms with Crippen molar-refractivity contribution in [2.45, 2.75) is 27.7 Å². The Labute approximate surface area is 99.7 Å². The summed E-state index contributed by atoms with van der Waals surface area (Å²) in [5, 5.41) is 0. The van der Waals surface area contributed by atoms with Crippen molar-refractivity contribution in [3.8, 4) is 0 Å². The Bertz CT molecular complexity index is 280. The van der Waals surface area contributed by atoms with Crippen LogP contribution in [0.4, 0.5) is 5.69 Å². The van der Waals surface area contributed by atoms with Crippen LogP contribution in [0, 0.1) is 13.8 Å². The van der Waals surface area contributed by atoms with Crippen molar-refractivity contribution < 1.29 is 18.9 Å². The van der Waals surface area contributed by atoms with E-state index in [4.69, 9.17) is 0 Å². The molecule has 0 aliphatic heterocycles. The maximum absolute atomic E-state index is 2.38. The number of hydrogen-bond acceptors (Lipinski definition) is 1. The van der Waals surface area contributed by atoms with Gasteiger partial charge in [0.05, 0.1) is 0 Å². The first-order chi connectivity index (χ1) is 6.19. The van der Waals surface area contributed by atoms with Crippen LogP contribution in [-0.2, 0) is 0 Å². The second-order valence-electron chi connectivity index (χ2n) is 3.46. The van der Waals surface area contributed by atoms with Crippen molar-refractivity contribution in [1.29, 1.82) is 0 Å². The van der Waals surface area contributed by atoms with E-state index in [1.54, 1.807) is 0 Å². The van der Waals surface area contributed by atoms with Crippen LogP contribution < -0.4 is 23.8 Å².